The topological polar surface area (TPSA) is 35.9 Å². The maximum atomic E-state index is 13.2. The molecule has 3 aromatic rings. The summed E-state index contributed by atoms with van der Waals surface area (Å²) in [7, 11) is 4.04. The average molecular weight is 369 g/mol. The van der Waals surface area contributed by atoms with E-state index in [0.29, 0.717) is 12.0 Å². The van der Waals surface area contributed by atoms with E-state index in [1.807, 2.05) is 62.6 Å². The zero-order chi connectivity index (χ0) is 19.5. The number of hydrogen-bond donors (Lipinski definition) is 0. The molecule has 1 aliphatic rings. The molecule has 1 unspecified atom stereocenters. The van der Waals surface area contributed by atoms with Crippen LogP contribution in [0, 0.1) is 0 Å². The molecule has 1 heterocycles. The van der Waals surface area contributed by atoms with E-state index in [1.165, 1.54) is 0 Å². The van der Waals surface area contributed by atoms with Crippen LogP contribution in [-0.4, -0.2) is 30.7 Å². The van der Waals surface area contributed by atoms with E-state index in [4.69, 9.17) is 5.10 Å². The molecule has 0 bridgehead atoms. The van der Waals surface area contributed by atoms with Gasteiger partial charge < -0.3 is 4.90 Å². The summed E-state index contributed by atoms with van der Waals surface area (Å²) in [6.45, 7) is 0. The number of carbonyl (C=O) groups is 1. The normalized spacial score (nSPS) is 16.0. The van der Waals surface area contributed by atoms with Crippen molar-refractivity contribution in [2.75, 3.05) is 19.0 Å². The summed E-state index contributed by atoms with van der Waals surface area (Å²) < 4.78 is 0. The first kappa shape index (κ1) is 18.0. The summed E-state index contributed by atoms with van der Waals surface area (Å²) in [5.74, 6) is -0.0747. The van der Waals surface area contributed by atoms with Crippen LogP contribution in [-0.2, 0) is 0 Å². The van der Waals surface area contributed by atoms with Crippen molar-refractivity contribution in [2.45, 2.75) is 12.5 Å². The maximum Gasteiger partial charge on any atom is 0.274 e. The molecule has 0 saturated heterocycles. The molecule has 0 spiro atoms. The van der Waals surface area contributed by atoms with Crippen molar-refractivity contribution in [3.63, 3.8) is 0 Å². The van der Waals surface area contributed by atoms with E-state index in [9.17, 15) is 4.79 Å². The van der Waals surface area contributed by atoms with Crippen LogP contribution >= 0.6 is 0 Å². The molecule has 140 valence electrons. The Morgan fingerprint density at radius 3 is 2.11 bits per heavy atom. The van der Waals surface area contributed by atoms with Gasteiger partial charge in [0, 0.05) is 31.8 Å². The third kappa shape index (κ3) is 3.54. The molecule has 0 N–H and O–H groups in total. The first-order valence-corrected chi connectivity index (χ1v) is 9.42. The zero-order valence-electron chi connectivity index (χ0n) is 16.1. The van der Waals surface area contributed by atoms with Crippen molar-refractivity contribution < 1.29 is 4.79 Å². The Morgan fingerprint density at radius 1 is 0.893 bits per heavy atom. The van der Waals surface area contributed by atoms with Crippen molar-refractivity contribution in [3.8, 4) is 0 Å². The predicted octanol–water partition coefficient (Wildman–Crippen LogP) is 4.74. The molecule has 1 aliphatic heterocycles. The quantitative estimate of drug-likeness (QED) is 0.666. The SMILES string of the molecule is CN(C)c1ccc(C2=NN(C(=O)c3ccccc3)C(c3ccccc3)C2)cc1. The summed E-state index contributed by atoms with van der Waals surface area (Å²) in [6.07, 6.45) is 0.698. The van der Waals surface area contributed by atoms with Crippen LogP contribution in [0.15, 0.2) is 90.0 Å². The van der Waals surface area contributed by atoms with Gasteiger partial charge in [-0.1, -0.05) is 60.7 Å². The molecule has 0 aliphatic carbocycles. The molecule has 28 heavy (non-hydrogen) atoms. The van der Waals surface area contributed by atoms with Gasteiger partial charge in [-0.05, 0) is 35.4 Å². The molecule has 4 nitrogen and oxygen atoms in total. The number of anilines is 1. The molecule has 0 saturated carbocycles. The molecule has 4 rings (SSSR count). The Balaban J connectivity index is 1.69. The van der Waals surface area contributed by atoms with Crippen LogP contribution in [0.4, 0.5) is 5.69 Å². The van der Waals surface area contributed by atoms with Gasteiger partial charge in [-0.25, -0.2) is 5.01 Å². The van der Waals surface area contributed by atoms with Gasteiger partial charge >= 0.3 is 0 Å². The molecule has 1 atom stereocenters. The Labute approximate surface area is 165 Å². The average Bonchev–Trinajstić information content (AvgIpc) is 3.20. The lowest BCUT2D eigenvalue weighted by Crippen LogP contribution is -2.27. The lowest BCUT2D eigenvalue weighted by atomic mass is 9.98. The highest BCUT2D eigenvalue weighted by atomic mass is 16.2. The fourth-order valence-electron chi connectivity index (χ4n) is 3.47. The lowest BCUT2D eigenvalue weighted by molar-refractivity contribution is 0.0711. The van der Waals surface area contributed by atoms with Crippen LogP contribution in [0.25, 0.3) is 0 Å². The van der Waals surface area contributed by atoms with Gasteiger partial charge in [-0.2, -0.15) is 5.10 Å². The smallest absolute Gasteiger partial charge is 0.274 e. The highest BCUT2D eigenvalue weighted by Crippen LogP contribution is 2.34. The molecular weight excluding hydrogens is 346 g/mol. The second-order valence-electron chi connectivity index (χ2n) is 7.13. The number of hydrogen-bond acceptors (Lipinski definition) is 3. The number of carbonyl (C=O) groups excluding carboxylic acids is 1. The first-order valence-electron chi connectivity index (χ1n) is 9.42. The van der Waals surface area contributed by atoms with Gasteiger partial charge in [0.15, 0.2) is 0 Å². The van der Waals surface area contributed by atoms with Crippen molar-refractivity contribution in [1.82, 2.24) is 5.01 Å². The van der Waals surface area contributed by atoms with Crippen LogP contribution in [0.2, 0.25) is 0 Å². The van der Waals surface area contributed by atoms with E-state index < -0.39 is 0 Å². The summed E-state index contributed by atoms with van der Waals surface area (Å²) in [5, 5.41) is 6.39. The largest absolute Gasteiger partial charge is 0.378 e. The van der Waals surface area contributed by atoms with Crippen molar-refractivity contribution in [1.29, 1.82) is 0 Å². The maximum absolute atomic E-state index is 13.2. The van der Waals surface area contributed by atoms with Gasteiger partial charge in [-0.3, -0.25) is 4.79 Å². The second kappa shape index (κ2) is 7.69. The summed E-state index contributed by atoms with van der Waals surface area (Å²) in [4.78, 5) is 15.2. The molecule has 0 aromatic heterocycles. The Kier molecular flexibility index (Phi) is 4.94. The third-order valence-electron chi connectivity index (χ3n) is 5.04. The summed E-state index contributed by atoms with van der Waals surface area (Å²) >= 11 is 0. The van der Waals surface area contributed by atoms with Gasteiger partial charge in [-0.15, -0.1) is 0 Å². The summed E-state index contributed by atoms with van der Waals surface area (Å²) in [6, 6.07) is 27.7. The van der Waals surface area contributed by atoms with Crippen molar-refractivity contribution in [2.24, 2.45) is 5.10 Å². The van der Waals surface area contributed by atoms with Gasteiger partial charge in [0.1, 0.15) is 0 Å². The van der Waals surface area contributed by atoms with Crippen LogP contribution in [0.5, 0.6) is 0 Å². The predicted molar refractivity (Wildman–Crippen MR) is 114 cm³/mol. The van der Waals surface area contributed by atoms with Crippen molar-refractivity contribution >= 4 is 17.3 Å². The standard InChI is InChI=1S/C24H23N3O/c1-26(2)21-15-13-18(14-16-21)22-17-23(19-9-5-3-6-10-19)27(25-22)24(28)20-11-7-4-8-12-20/h3-16,23H,17H2,1-2H3. The van der Waals surface area contributed by atoms with E-state index in [-0.39, 0.29) is 11.9 Å². The van der Waals surface area contributed by atoms with Gasteiger partial charge in [0.25, 0.3) is 5.91 Å². The number of hydrazone groups is 1. The summed E-state index contributed by atoms with van der Waals surface area (Å²) in [5.41, 5.74) is 4.87. The number of rotatable bonds is 4. The number of amides is 1. The van der Waals surface area contributed by atoms with Crippen LogP contribution in [0.3, 0.4) is 0 Å². The molecule has 0 radical (unpaired) electrons. The van der Waals surface area contributed by atoms with Gasteiger partial charge in [0.2, 0.25) is 0 Å². The monoisotopic (exact) mass is 369 g/mol. The zero-order valence-corrected chi connectivity index (χ0v) is 16.1. The minimum Gasteiger partial charge on any atom is -0.378 e. The Morgan fingerprint density at radius 2 is 1.50 bits per heavy atom. The fourth-order valence-corrected chi connectivity index (χ4v) is 3.47. The molecule has 1 amide bonds. The third-order valence-corrected chi connectivity index (χ3v) is 5.04. The van der Waals surface area contributed by atoms with Crippen LogP contribution < -0.4 is 4.90 Å². The molecular formula is C24H23N3O. The van der Waals surface area contributed by atoms with E-state index in [0.717, 1.165) is 22.5 Å². The Hall–Kier alpha value is -3.40. The lowest BCUT2D eigenvalue weighted by Gasteiger charge is -2.22. The minimum atomic E-state index is -0.0996. The van der Waals surface area contributed by atoms with E-state index >= 15 is 0 Å². The highest BCUT2D eigenvalue weighted by molar-refractivity contribution is 6.05. The first-order chi connectivity index (χ1) is 13.6. The Bertz CT molecular complexity index is 979. The minimum absolute atomic E-state index is 0.0747. The fraction of sp³-hybridized carbons (Fsp3) is 0.167. The second-order valence-corrected chi connectivity index (χ2v) is 7.13. The molecule has 4 heteroatoms. The van der Waals surface area contributed by atoms with E-state index in [1.54, 1.807) is 5.01 Å². The number of nitrogens with zero attached hydrogens (tertiary/aromatic N) is 3. The van der Waals surface area contributed by atoms with Crippen LogP contribution in [0.1, 0.15) is 33.9 Å². The number of benzene rings is 3. The van der Waals surface area contributed by atoms with Crippen molar-refractivity contribution in [3.05, 3.63) is 102 Å². The van der Waals surface area contributed by atoms with E-state index in [2.05, 4.69) is 41.3 Å². The molecule has 0 fully saturated rings. The molecule has 3 aromatic carbocycles. The van der Waals surface area contributed by atoms with Gasteiger partial charge in [0.05, 0.1) is 11.8 Å². The highest BCUT2D eigenvalue weighted by Gasteiger charge is 2.33.